The Morgan fingerprint density at radius 2 is 1.74 bits per heavy atom. The maximum atomic E-state index is 14.1. The molecule has 1 aliphatic heterocycles. The molecule has 140 valence electrons. The van der Waals surface area contributed by atoms with Crippen molar-refractivity contribution in [1.82, 2.24) is 4.90 Å². The standard InChI is InChI=1S/C20H18ClFN2O3/c1-3-11(2)17(18(25)23-16-9-8-12(21)10-15(16)22)24-19(26)13-6-4-5-7-14(13)20(24)27/h4-11,17H,3H2,1-2H3,(H,23,25)/t11-,17-/m0/s1. The lowest BCUT2D eigenvalue weighted by Crippen LogP contribution is -2.50. The molecule has 0 saturated heterocycles. The van der Waals surface area contributed by atoms with Gasteiger partial charge in [0.2, 0.25) is 5.91 Å². The van der Waals surface area contributed by atoms with E-state index in [2.05, 4.69) is 5.32 Å². The number of benzene rings is 2. The Hall–Kier alpha value is -2.73. The molecule has 2 aromatic carbocycles. The first kappa shape index (κ1) is 19.0. The van der Waals surface area contributed by atoms with Crippen LogP contribution in [0.1, 0.15) is 41.0 Å². The number of hydrogen-bond acceptors (Lipinski definition) is 3. The van der Waals surface area contributed by atoms with Crippen LogP contribution in [-0.2, 0) is 4.79 Å². The molecule has 1 heterocycles. The molecule has 3 rings (SSSR count). The van der Waals surface area contributed by atoms with Crippen molar-refractivity contribution >= 4 is 35.0 Å². The van der Waals surface area contributed by atoms with Crippen LogP contribution in [0.3, 0.4) is 0 Å². The molecule has 0 saturated carbocycles. The second-order valence-electron chi connectivity index (χ2n) is 6.47. The number of carbonyl (C=O) groups is 3. The quantitative estimate of drug-likeness (QED) is 0.783. The summed E-state index contributed by atoms with van der Waals surface area (Å²) in [6.45, 7) is 3.62. The highest BCUT2D eigenvalue weighted by atomic mass is 35.5. The van der Waals surface area contributed by atoms with E-state index in [9.17, 15) is 18.8 Å². The van der Waals surface area contributed by atoms with Crippen molar-refractivity contribution in [2.45, 2.75) is 26.3 Å². The average molecular weight is 389 g/mol. The fraction of sp³-hybridized carbons (Fsp3) is 0.250. The number of nitrogens with zero attached hydrogens (tertiary/aromatic N) is 1. The normalized spacial score (nSPS) is 15.5. The van der Waals surface area contributed by atoms with Gasteiger partial charge < -0.3 is 5.32 Å². The molecular formula is C20H18ClFN2O3. The summed E-state index contributed by atoms with van der Waals surface area (Å²) in [6, 6.07) is 9.24. The lowest BCUT2D eigenvalue weighted by molar-refractivity contribution is -0.121. The molecule has 0 aromatic heterocycles. The fourth-order valence-corrected chi connectivity index (χ4v) is 3.27. The van der Waals surface area contributed by atoms with Crippen LogP contribution in [0.4, 0.5) is 10.1 Å². The van der Waals surface area contributed by atoms with E-state index in [1.165, 1.54) is 12.1 Å². The van der Waals surface area contributed by atoms with Crippen LogP contribution in [0.15, 0.2) is 42.5 Å². The number of anilines is 1. The van der Waals surface area contributed by atoms with Crippen molar-refractivity contribution in [1.29, 1.82) is 0 Å². The van der Waals surface area contributed by atoms with Gasteiger partial charge in [-0.25, -0.2) is 4.39 Å². The predicted molar refractivity (Wildman–Crippen MR) is 100 cm³/mol. The second kappa shape index (κ2) is 7.48. The Morgan fingerprint density at radius 3 is 2.26 bits per heavy atom. The van der Waals surface area contributed by atoms with Crippen LogP contribution in [-0.4, -0.2) is 28.7 Å². The molecule has 0 fully saturated rings. The van der Waals surface area contributed by atoms with Crippen LogP contribution in [0, 0.1) is 11.7 Å². The number of fused-ring (bicyclic) bond motifs is 1. The summed E-state index contributed by atoms with van der Waals surface area (Å²) < 4.78 is 14.1. The van der Waals surface area contributed by atoms with E-state index in [0.29, 0.717) is 6.42 Å². The van der Waals surface area contributed by atoms with E-state index in [4.69, 9.17) is 11.6 Å². The topological polar surface area (TPSA) is 66.5 Å². The third-order valence-corrected chi connectivity index (χ3v) is 4.98. The number of imide groups is 1. The van der Waals surface area contributed by atoms with E-state index in [1.807, 2.05) is 6.92 Å². The Balaban J connectivity index is 1.94. The Labute approximate surface area is 161 Å². The van der Waals surface area contributed by atoms with Gasteiger partial charge in [0.1, 0.15) is 11.9 Å². The van der Waals surface area contributed by atoms with Crippen LogP contribution < -0.4 is 5.32 Å². The van der Waals surface area contributed by atoms with Crippen molar-refractivity contribution in [2.24, 2.45) is 5.92 Å². The smallest absolute Gasteiger partial charge is 0.262 e. The third kappa shape index (κ3) is 3.45. The number of rotatable bonds is 5. The minimum Gasteiger partial charge on any atom is -0.322 e. The van der Waals surface area contributed by atoms with Gasteiger partial charge in [-0.2, -0.15) is 0 Å². The van der Waals surface area contributed by atoms with Gasteiger partial charge in [-0.15, -0.1) is 0 Å². The van der Waals surface area contributed by atoms with Gasteiger partial charge in [0, 0.05) is 5.02 Å². The molecule has 0 spiro atoms. The molecule has 0 aliphatic carbocycles. The first-order valence-electron chi connectivity index (χ1n) is 8.58. The summed E-state index contributed by atoms with van der Waals surface area (Å²) in [7, 11) is 0. The van der Waals surface area contributed by atoms with Crippen LogP contribution in [0.25, 0.3) is 0 Å². The van der Waals surface area contributed by atoms with Crippen LogP contribution in [0.2, 0.25) is 5.02 Å². The highest BCUT2D eigenvalue weighted by Gasteiger charge is 2.44. The van der Waals surface area contributed by atoms with Gasteiger partial charge in [-0.3, -0.25) is 19.3 Å². The summed E-state index contributed by atoms with van der Waals surface area (Å²) in [6.07, 6.45) is 0.550. The van der Waals surface area contributed by atoms with E-state index in [0.717, 1.165) is 11.0 Å². The third-order valence-electron chi connectivity index (χ3n) is 4.74. The number of hydrogen-bond donors (Lipinski definition) is 1. The predicted octanol–water partition coefficient (Wildman–Crippen LogP) is 4.13. The minimum atomic E-state index is -1.06. The summed E-state index contributed by atoms with van der Waals surface area (Å²) in [5.41, 5.74) is 0.469. The molecule has 1 N–H and O–H groups in total. The zero-order valence-electron chi connectivity index (χ0n) is 14.8. The summed E-state index contributed by atoms with van der Waals surface area (Å²) in [5, 5.41) is 2.68. The maximum Gasteiger partial charge on any atom is 0.262 e. The van der Waals surface area contributed by atoms with E-state index >= 15 is 0 Å². The van der Waals surface area contributed by atoms with Crippen LogP contribution in [0.5, 0.6) is 0 Å². The Kier molecular flexibility index (Phi) is 5.28. The van der Waals surface area contributed by atoms with Crippen molar-refractivity contribution in [3.8, 4) is 0 Å². The maximum absolute atomic E-state index is 14.1. The molecule has 0 unspecified atom stereocenters. The molecule has 27 heavy (non-hydrogen) atoms. The van der Waals surface area contributed by atoms with Gasteiger partial charge in [0.05, 0.1) is 16.8 Å². The average Bonchev–Trinajstić information content (AvgIpc) is 2.89. The molecule has 3 amide bonds. The molecule has 2 atom stereocenters. The van der Waals surface area contributed by atoms with Crippen LogP contribution >= 0.6 is 11.6 Å². The molecule has 0 radical (unpaired) electrons. The monoisotopic (exact) mass is 388 g/mol. The number of amides is 3. The zero-order valence-corrected chi connectivity index (χ0v) is 15.6. The fourth-order valence-electron chi connectivity index (χ4n) is 3.11. The second-order valence-corrected chi connectivity index (χ2v) is 6.91. The summed E-state index contributed by atoms with van der Waals surface area (Å²) in [4.78, 5) is 39.4. The first-order chi connectivity index (χ1) is 12.8. The van der Waals surface area contributed by atoms with E-state index in [1.54, 1.807) is 31.2 Å². The lowest BCUT2D eigenvalue weighted by atomic mass is 9.96. The number of carbonyl (C=O) groups excluding carboxylic acids is 3. The van der Waals surface area contributed by atoms with E-state index in [-0.39, 0.29) is 27.8 Å². The highest BCUT2D eigenvalue weighted by Crippen LogP contribution is 2.29. The molecule has 7 heteroatoms. The Bertz CT molecular complexity index is 896. The van der Waals surface area contributed by atoms with Gasteiger partial charge >= 0.3 is 0 Å². The number of halogens is 2. The lowest BCUT2D eigenvalue weighted by Gasteiger charge is -2.29. The molecule has 2 aromatic rings. The molecule has 1 aliphatic rings. The minimum absolute atomic E-state index is 0.0608. The van der Waals surface area contributed by atoms with E-state index < -0.39 is 29.6 Å². The van der Waals surface area contributed by atoms with Gasteiger partial charge in [-0.05, 0) is 36.2 Å². The first-order valence-corrected chi connectivity index (χ1v) is 8.95. The zero-order chi connectivity index (χ0) is 19.7. The summed E-state index contributed by atoms with van der Waals surface area (Å²) in [5.74, 6) is -2.68. The van der Waals surface area contributed by atoms with Crippen molar-refractivity contribution in [3.63, 3.8) is 0 Å². The Morgan fingerprint density at radius 1 is 1.15 bits per heavy atom. The van der Waals surface area contributed by atoms with Crippen molar-refractivity contribution < 1.29 is 18.8 Å². The summed E-state index contributed by atoms with van der Waals surface area (Å²) >= 11 is 5.73. The van der Waals surface area contributed by atoms with Gasteiger partial charge in [0.15, 0.2) is 0 Å². The molecule has 5 nitrogen and oxygen atoms in total. The van der Waals surface area contributed by atoms with Gasteiger partial charge in [-0.1, -0.05) is 44.0 Å². The largest absolute Gasteiger partial charge is 0.322 e. The highest BCUT2D eigenvalue weighted by molar-refractivity contribution is 6.30. The number of nitrogens with one attached hydrogen (secondary N) is 1. The van der Waals surface area contributed by atoms with Gasteiger partial charge in [0.25, 0.3) is 11.8 Å². The van der Waals surface area contributed by atoms with Crippen molar-refractivity contribution in [3.05, 3.63) is 64.4 Å². The SMILES string of the molecule is CC[C@H](C)[C@@H](C(=O)Nc1ccc(Cl)cc1F)N1C(=O)c2ccccc2C1=O. The molecule has 0 bridgehead atoms. The molecular weight excluding hydrogens is 371 g/mol. The van der Waals surface area contributed by atoms with Crippen molar-refractivity contribution in [2.75, 3.05) is 5.32 Å².